The molecule has 0 saturated carbocycles. The lowest BCUT2D eigenvalue weighted by Gasteiger charge is -2.24. The Hall–Kier alpha value is -0.960. The van der Waals surface area contributed by atoms with Crippen LogP contribution in [0.1, 0.15) is 0 Å². The smallest absolute Gasteiger partial charge is 0.388 e. The van der Waals surface area contributed by atoms with Gasteiger partial charge in [-0.15, -0.1) is 0 Å². The zero-order valence-electron chi connectivity index (χ0n) is 7.71. The van der Waals surface area contributed by atoms with Crippen molar-refractivity contribution in [1.29, 1.82) is 0 Å². The first-order valence-electron chi connectivity index (χ1n) is 4.17. The predicted octanol–water partition coefficient (Wildman–Crippen LogP) is -0.252. The minimum atomic E-state index is -5.98. The van der Waals surface area contributed by atoms with E-state index in [1.54, 1.807) is 0 Å². The third kappa shape index (κ3) is 2.09. The van der Waals surface area contributed by atoms with Gasteiger partial charge in [0.1, 0.15) is 0 Å². The van der Waals surface area contributed by atoms with Gasteiger partial charge in [-0.25, -0.2) is 0 Å². The van der Waals surface area contributed by atoms with E-state index in [1.165, 1.54) is 0 Å². The second kappa shape index (κ2) is 3.81. The summed E-state index contributed by atoms with van der Waals surface area (Å²) < 4.78 is 60.5. The zero-order chi connectivity index (χ0) is 12.7. The summed E-state index contributed by atoms with van der Waals surface area (Å²) in [4.78, 5) is 10.9. The van der Waals surface area contributed by atoms with Gasteiger partial charge < -0.3 is 15.1 Å². The molecule has 0 aromatic carbocycles. The molecule has 1 aliphatic heterocycles. The first-order chi connectivity index (χ1) is 7.07. The number of carbonyl (C=O) groups is 1. The molecule has 2 atom stereocenters. The molecule has 1 saturated heterocycles. The molecule has 0 aromatic heterocycles. The van der Waals surface area contributed by atoms with Gasteiger partial charge in [-0.3, -0.25) is 4.79 Å². The highest BCUT2D eigenvalue weighted by Gasteiger charge is 2.65. The number of hydrogen-bond donors (Lipinski definition) is 2. The Balaban J connectivity index is 2.80. The fraction of sp³-hybridized carbons (Fsp3) is 0.857. The second-order valence-electron chi connectivity index (χ2n) is 3.42. The van der Waals surface area contributed by atoms with Crippen molar-refractivity contribution >= 4 is 5.91 Å². The van der Waals surface area contributed by atoms with E-state index < -0.39 is 43.3 Å². The van der Waals surface area contributed by atoms with Gasteiger partial charge in [-0.05, 0) is 0 Å². The molecule has 0 aromatic rings. The van der Waals surface area contributed by atoms with Gasteiger partial charge in [0.25, 0.3) is 0 Å². The maximum atomic E-state index is 12.6. The maximum Gasteiger partial charge on any atom is 0.463 e. The van der Waals surface area contributed by atoms with Gasteiger partial charge in [0.05, 0.1) is 12.2 Å². The number of β-amino-alcohol motifs (C(OH)–C–C–N with tert-alkyl or cyclic N) is 2. The second-order valence-corrected chi connectivity index (χ2v) is 3.42. The summed E-state index contributed by atoms with van der Waals surface area (Å²) in [6.07, 6.45) is -9.00. The largest absolute Gasteiger partial charge is 0.463 e. The van der Waals surface area contributed by atoms with E-state index in [2.05, 4.69) is 0 Å². The van der Waals surface area contributed by atoms with E-state index in [1.807, 2.05) is 0 Å². The van der Waals surface area contributed by atoms with Crippen LogP contribution in [0.5, 0.6) is 0 Å². The van der Waals surface area contributed by atoms with Crippen LogP contribution >= 0.6 is 0 Å². The average molecular weight is 249 g/mol. The Kier molecular flexibility index (Phi) is 3.12. The fourth-order valence-electron chi connectivity index (χ4n) is 1.26. The molecule has 4 nitrogen and oxygen atoms in total. The highest BCUT2D eigenvalue weighted by molar-refractivity contribution is 5.84. The molecule has 1 rings (SSSR count). The van der Waals surface area contributed by atoms with Crippen molar-refractivity contribution in [2.45, 2.75) is 24.3 Å². The van der Waals surface area contributed by atoms with Gasteiger partial charge in [-0.1, -0.05) is 0 Å². The van der Waals surface area contributed by atoms with Crippen LogP contribution in [0.4, 0.5) is 22.0 Å². The molecule has 94 valence electrons. The Morgan fingerprint density at radius 2 is 1.44 bits per heavy atom. The summed E-state index contributed by atoms with van der Waals surface area (Å²) in [7, 11) is 0. The van der Waals surface area contributed by atoms with Crippen LogP contribution in [0.3, 0.4) is 0 Å². The third-order valence-electron chi connectivity index (χ3n) is 2.17. The van der Waals surface area contributed by atoms with Gasteiger partial charge in [0.15, 0.2) is 0 Å². The minimum Gasteiger partial charge on any atom is -0.388 e. The highest BCUT2D eigenvalue weighted by atomic mass is 19.4. The summed E-state index contributed by atoms with van der Waals surface area (Å²) >= 11 is 0. The Bertz CT molecular complexity index is 282. The molecule has 2 N–H and O–H groups in total. The number of hydrogen-bond acceptors (Lipinski definition) is 3. The van der Waals surface area contributed by atoms with E-state index in [4.69, 9.17) is 10.2 Å². The lowest BCUT2D eigenvalue weighted by Crippen LogP contribution is -2.51. The summed E-state index contributed by atoms with van der Waals surface area (Å²) in [6.45, 7) is -1.49. The van der Waals surface area contributed by atoms with Crippen molar-refractivity contribution in [3.05, 3.63) is 0 Å². The number of likely N-dealkylation sites (tertiary alicyclic amines) is 1. The number of aliphatic hydroxyl groups is 2. The molecule has 1 fully saturated rings. The Labute approximate surface area is 86.3 Å². The van der Waals surface area contributed by atoms with E-state index in [0.717, 1.165) is 0 Å². The Morgan fingerprint density at radius 1 is 1.06 bits per heavy atom. The molecule has 0 bridgehead atoms. The fourth-order valence-corrected chi connectivity index (χ4v) is 1.26. The summed E-state index contributed by atoms with van der Waals surface area (Å²) in [5.41, 5.74) is 0. The number of alkyl halides is 5. The standard InChI is InChI=1S/C7H8F5NO3/c8-6(9,7(10,11)12)5(16)13-1-3(14)4(15)2-13/h3-4,14-15H,1-2H2. The molecular weight excluding hydrogens is 241 g/mol. The topological polar surface area (TPSA) is 60.8 Å². The predicted molar refractivity (Wildman–Crippen MR) is 39.6 cm³/mol. The number of nitrogens with zero attached hydrogens (tertiary/aromatic N) is 1. The summed E-state index contributed by atoms with van der Waals surface area (Å²) in [5, 5.41) is 17.8. The lowest BCUT2D eigenvalue weighted by atomic mass is 10.3. The highest BCUT2D eigenvalue weighted by Crippen LogP contribution is 2.37. The van der Waals surface area contributed by atoms with Crippen molar-refractivity contribution in [1.82, 2.24) is 4.90 Å². The van der Waals surface area contributed by atoms with Crippen LogP contribution in [0.15, 0.2) is 0 Å². The molecule has 0 aliphatic carbocycles. The zero-order valence-corrected chi connectivity index (χ0v) is 7.71. The maximum absolute atomic E-state index is 12.6. The van der Waals surface area contributed by atoms with E-state index in [9.17, 15) is 26.7 Å². The van der Waals surface area contributed by atoms with Gasteiger partial charge in [0.2, 0.25) is 0 Å². The van der Waals surface area contributed by atoms with Crippen LogP contribution in [-0.4, -0.2) is 58.4 Å². The van der Waals surface area contributed by atoms with Crippen LogP contribution in [0.2, 0.25) is 0 Å². The van der Waals surface area contributed by atoms with Crippen molar-refractivity contribution in [3.8, 4) is 0 Å². The van der Waals surface area contributed by atoms with Crippen molar-refractivity contribution in [2.24, 2.45) is 0 Å². The summed E-state index contributed by atoms with van der Waals surface area (Å²) in [6, 6.07) is 0. The van der Waals surface area contributed by atoms with Crippen LogP contribution < -0.4 is 0 Å². The van der Waals surface area contributed by atoms with E-state index in [0.29, 0.717) is 0 Å². The van der Waals surface area contributed by atoms with Gasteiger partial charge >= 0.3 is 18.0 Å². The number of amides is 1. The molecule has 1 amide bonds. The normalized spacial score (nSPS) is 27.3. The number of aliphatic hydroxyl groups excluding tert-OH is 2. The van der Waals surface area contributed by atoms with Crippen molar-refractivity contribution in [2.75, 3.05) is 13.1 Å². The first kappa shape index (κ1) is 13.1. The minimum absolute atomic E-state index is 0.0861. The van der Waals surface area contributed by atoms with E-state index in [-0.39, 0.29) is 4.90 Å². The monoisotopic (exact) mass is 249 g/mol. The molecule has 9 heteroatoms. The van der Waals surface area contributed by atoms with Crippen LogP contribution in [0.25, 0.3) is 0 Å². The molecule has 1 aliphatic rings. The molecule has 16 heavy (non-hydrogen) atoms. The van der Waals surface area contributed by atoms with Gasteiger partial charge in [-0.2, -0.15) is 22.0 Å². The van der Waals surface area contributed by atoms with Crippen LogP contribution in [0, 0.1) is 0 Å². The van der Waals surface area contributed by atoms with Crippen molar-refractivity contribution < 1.29 is 37.0 Å². The number of carbonyl (C=O) groups excluding carboxylic acids is 1. The molecule has 0 radical (unpaired) electrons. The van der Waals surface area contributed by atoms with Crippen molar-refractivity contribution in [3.63, 3.8) is 0 Å². The Morgan fingerprint density at radius 3 is 1.75 bits per heavy atom. The SMILES string of the molecule is O=C(N1CC(O)C(O)C1)C(F)(F)C(F)(F)F. The molecule has 1 heterocycles. The van der Waals surface area contributed by atoms with E-state index >= 15 is 0 Å². The average Bonchev–Trinajstić information content (AvgIpc) is 2.43. The summed E-state index contributed by atoms with van der Waals surface area (Å²) in [5.74, 6) is -7.97. The van der Waals surface area contributed by atoms with Crippen LogP contribution in [-0.2, 0) is 4.79 Å². The quantitative estimate of drug-likeness (QED) is 0.630. The molecule has 2 unspecified atom stereocenters. The third-order valence-corrected chi connectivity index (χ3v) is 2.17. The first-order valence-corrected chi connectivity index (χ1v) is 4.17. The number of halogens is 5. The van der Waals surface area contributed by atoms with Gasteiger partial charge in [0, 0.05) is 13.1 Å². The lowest BCUT2D eigenvalue weighted by molar-refractivity contribution is -0.274. The molecule has 0 spiro atoms. The number of rotatable bonds is 1. The molecular formula is C7H8F5NO3.